The molecular formula is C13H15ClN2O3. The Morgan fingerprint density at radius 3 is 2.32 bits per heavy atom. The number of carboxylic acid groups (broad SMARTS) is 1. The fraction of sp³-hybridized carbons (Fsp3) is 0.231. The second kappa shape index (κ2) is 5.86. The van der Waals surface area contributed by atoms with E-state index in [-0.39, 0.29) is 22.0 Å². The van der Waals surface area contributed by atoms with Crippen LogP contribution in [-0.2, 0) is 0 Å². The molecule has 0 aromatic heterocycles. The Balaban J connectivity index is 3.47. The number of aromatic carboxylic acids is 1. The summed E-state index contributed by atoms with van der Waals surface area (Å²) in [4.78, 5) is 11.1. The van der Waals surface area contributed by atoms with Gasteiger partial charge in [0.1, 0.15) is 0 Å². The molecule has 0 aliphatic rings. The van der Waals surface area contributed by atoms with E-state index in [1.54, 1.807) is 19.9 Å². The second-order valence-corrected chi connectivity index (χ2v) is 4.53. The Morgan fingerprint density at radius 1 is 1.32 bits per heavy atom. The summed E-state index contributed by atoms with van der Waals surface area (Å²) in [6, 6.07) is 3.12. The minimum Gasteiger partial charge on any atom is -0.478 e. The van der Waals surface area contributed by atoms with Crippen molar-refractivity contribution in [1.82, 2.24) is 0 Å². The molecule has 1 aromatic rings. The van der Waals surface area contributed by atoms with Crippen LogP contribution < -0.4 is 5.73 Å². The maximum atomic E-state index is 11.1. The molecule has 0 amide bonds. The van der Waals surface area contributed by atoms with E-state index in [2.05, 4.69) is 0 Å². The molecule has 5 N–H and O–H groups in total. The van der Waals surface area contributed by atoms with Crippen molar-refractivity contribution in [2.24, 2.45) is 5.73 Å². The Hall–Kier alpha value is -1.85. The van der Waals surface area contributed by atoms with Crippen molar-refractivity contribution in [3.8, 4) is 0 Å². The Morgan fingerprint density at radius 2 is 1.84 bits per heavy atom. The van der Waals surface area contributed by atoms with Crippen LogP contribution in [0.4, 0.5) is 0 Å². The highest BCUT2D eigenvalue weighted by Crippen LogP contribution is 2.24. The van der Waals surface area contributed by atoms with Crippen molar-refractivity contribution >= 4 is 29.0 Å². The van der Waals surface area contributed by atoms with Gasteiger partial charge in [-0.3, -0.25) is 0 Å². The molecule has 102 valence electrons. The summed E-state index contributed by atoms with van der Waals surface area (Å²) in [5.74, 6) is -1.06. The van der Waals surface area contributed by atoms with Crippen molar-refractivity contribution in [1.29, 1.82) is 5.41 Å². The van der Waals surface area contributed by atoms with E-state index < -0.39 is 12.6 Å². The second-order valence-electron chi connectivity index (χ2n) is 4.15. The summed E-state index contributed by atoms with van der Waals surface area (Å²) >= 11 is 5.88. The lowest BCUT2D eigenvalue weighted by molar-refractivity contribution is 0.0696. The van der Waals surface area contributed by atoms with Crippen LogP contribution in [0.5, 0.6) is 0 Å². The number of halogens is 1. The number of hydrogen-bond donors (Lipinski definition) is 4. The molecule has 0 aliphatic carbocycles. The smallest absolute Gasteiger partial charge is 0.335 e. The van der Waals surface area contributed by atoms with E-state index in [0.29, 0.717) is 11.1 Å². The van der Waals surface area contributed by atoms with Gasteiger partial charge in [-0.25, -0.2) is 4.79 Å². The van der Waals surface area contributed by atoms with Crippen molar-refractivity contribution < 1.29 is 15.0 Å². The SMILES string of the molecule is Cc1cc(C)c(/C(N)=C(\Cl)C(=N)CO)cc1C(=O)O. The molecule has 0 aliphatic heterocycles. The van der Waals surface area contributed by atoms with Gasteiger partial charge in [-0.2, -0.15) is 0 Å². The van der Waals surface area contributed by atoms with E-state index in [0.717, 1.165) is 5.56 Å². The van der Waals surface area contributed by atoms with Crippen molar-refractivity contribution in [3.05, 3.63) is 39.4 Å². The standard InChI is InChI=1S/C13H15ClN2O3/c1-6-3-7(2)9(13(18)19)4-8(6)12(16)11(14)10(15)5-17/h3-4,15,17H,5,16H2,1-2H3,(H,18,19)/b12-11+,15-10?. The monoisotopic (exact) mass is 282 g/mol. The number of aliphatic hydroxyl groups excluding tert-OH is 1. The number of carboxylic acids is 1. The highest BCUT2D eigenvalue weighted by Gasteiger charge is 2.15. The Kier molecular flexibility index (Phi) is 4.69. The molecule has 0 saturated heterocycles. The van der Waals surface area contributed by atoms with Crippen LogP contribution >= 0.6 is 11.6 Å². The molecule has 0 radical (unpaired) electrons. The number of hydrogen-bond acceptors (Lipinski definition) is 4. The first-order chi connectivity index (χ1) is 8.79. The van der Waals surface area contributed by atoms with Crippen LogP contribution in [0, 0.1) is 19.3 Å². The minimum atomic E-state index is -1.06. The summed E-state index contributed by atoms with van der Waals surface area (Å²) in [5.41, 5.74) is 7.66. The molecule has 0 fully saturated rings. The van der Waals surface area contributed by atoms with Gasteiger partial charge in [0, 0.05) is 5.56 Å². The summed E-state index contributed by atoms with van der Waals surface area (Å²) < 4.78 is 0. The van der Waals surface area contributed by atoms with Gasteiger partial charge in [0.2, 0.25) is 0 Å². The van der Waals surface area contributed by atoms with Crippen molar-refractivity contribution in [2.45, 2.75) is 13.8 Å². The molecule has 0 atom stereocenters. The van der Waals surface area contributed by atoms with Gasteiger partial charge >= 0.3 is 5.97 Å². The molecule has 0 heterocycles. The van der Waals surface area contributed by atoms with E-state index in [1.807, 2.05) is 0 Å². The normalized spacial score (nSPS) is 12.0. The molecule has 0 spiro atoms. The molecule has 5 nitrogen and oxygen atoms in total. The fourth-order valence-electron chi connectivity index (χ4n) is 1.72. The van der Waals surface area contributed by atoms with Gasteiger partial charge in [-0.05, 0) is 31.0 Å². The largest absolute Gasteiger partial charge is 0.478 e. The molecule has 0 saturated carbocycles. The first kappa shape index (κ1) is 15.2. The third kappa shape index (κ3) is 3.13. The predicted octanol–water partition coefficient (Wildman–Crippen LogP) is 1.88. The number of nitrogens with two attached hydrogens (primary N) is 1. The quantitative estimate of drug-likeness (QED) is 0.632. The number of aliphatic hydroxyl groups is 1. The lowest BCUT2D eigenvalue weighted by Crippen LogP contribution is -2.11. The van der Waals surface area contributed by atoms with Crippen molar-refractivity contribution in [3.63, 3.8) is 0 Å². The molecule has 1 rings (SSSR count). The fourth-order valence-corrected chi connectivity index (χ4v) is 1.88. The zero-order chi connectivity index (χ0) is 14.7. The number of nitrogens with one attached hydrogen (secondary N) is 1. The zero-order valence-electron chi connectivity index (χ0n) is 10.6. The summed E-state index contributed by atoms with van der Waals surface area (Å²) in [7, 11) is 0. The Bertz CT molecular complexity index is 579. The molecule has 19 heavy (non-hydrogen) atoms. The zero-order valence-corrected chi connectivity index (χ0v) is 11.4. The van der Waals surface area contributed by atoms with Crippen LogP contribution in [0.1, 0.15) is 27.0 Å². The number of aryl methyl sites for hydroxylation is 2. The van der Waals surface area contributed by atoms with Crippen molar-refractivity contribution in [2.75, 3.05) is 6.61 Å². The van der Waals surface area contributed by atoms with Gasteiger partial charge in [0.25, 0.3) is 0 Å². The molecule has 1 aromatic carbocycles. The van der Waals surface area contributed by atoms with E-state index >= 15 is 0 Å². The highest BCUT2D eigenvalue weighted by molar-refractivity contribution is 6.46. The summed E-state index contributed by atoms with van der Waals surface area (Å²) in [6.45, 7) is 2.93. The first-order valence-electron chi connectivity index (χ1n) is 5.48. The third-order valence-electron chi connectivity index (χ3n) is 2.75. The van der Waals surface area contributed by atoms with Crippen LogP contribution in [0.25, 0.3) is 5.70 Å². The molecular weight excluding hydrogens is 268 g/mol. The predicted molar refractivity (Wildman–Crippen MR) is 74.6 cm³/mol. The molecule has 6 heteroatoms. The minimum absolute atomic E-state index is 0.0780. The molecule has 0 unspecified atom stereocenters. The number of benzene rings is 1. The molecule has 0 bridgehead atoms. The van der Waals surface area contributed by atoms with Gasteiger partial charge in [-0.1, -0.05) is 17.7 Å². The average molecular weight is 283 g/mol. The van der Waals surface area contributed by atoms with E-state index in [4.69, 9.17) is 33.0 Å². The lowest BCUT2D eigenvalue weighted by Gasteiger charge is -2.12. The van der Waals surface area contributed by atoms with Gasteiger partial charge in [0.15, 0.2) is 0 Å². The van der Waals surface area contributed by atoms with Gasteiger partial charge in [-0.15, -0.1) is 0 Å². The maximum Gasteiger partial charge on any atom is 0.335 e. The topological polar surface area (TPSA) is 107 Å². The van der Waals surface area contributed by atoms with E-state index in [1.165, 1.54) is 6.07 Å². The van der Waals surface area contributed by atoms with Crippen LogP contribution in [-0.4, -0.2) is 28.5 Å². The number of carbonyl (C=O) groups is 1. The van der Waals surface area contributed by atoms with Crippen LogP contribution in [0.2, 0.25) is 0 Å². The van der Waals surface area contributed by atoms with Gasteiger partial charge < -0.3 is 21.4 Å². The van der Waals surface area contributed by atoms with Crippen LogP contribution in [0.15, 0.2) is 17.2 Å². The highest BCUT2D eigenvalue weighted by atomic mass is 35.5. The third-order valence-corrected chi connectivity index (χ3v) is 3.18. The average Bonchev–Trinajstić information content (AvgIpc) is 2.35. The Labute approximate surface area is 115 Å². The summed E-state index contributed by atoms with van der Waals surface area (Å²) in [5, 5.41) is 25.3. The number of rotatable bonds is 4. The lowest BCUT2D eigenvalue weighted by atomic mass is 9.97. The maximum absolute atomic E-state index is 11.1. The van der Waals surface area contributed by atoms with Gasteiger partial charge in [0.05, 0.1) is 28.6 Å². The first-order valence-corrected chi connectivity index (χ1v) is 5.86. The van der Waals surface area contributed by atoms with Crippen LogP contribution in [0.3, 0.4) is 0 Å². The summed E-state index contributed by atoms with van der Waals surface area (Å²) in [6.07, 6.45) is 0. The van der Waals surface area contributed by atoms with E-state index in [9.17, 15) is 4.79 Å².